The molecular weight excluding hydrogens is 297 g/mol. The quantitative estimate of drug-likeness (QED) is 0.666. The van der Waals surface area contributed by atoms with Gasteiger partial charge in [0.05, 0.1) is 10.2 Å². The summed E-state index contributed by atoms with van der Waals surface area (Å²) in [6, 6.07) is 7.78. The second kappa shape index (κ2) is 5.31. The fourth-order valence-corrected chi connectivity index (χ4v) is 2.95. The van der Waals surface area contributed by atoms with E-state index in [4.69, 9.17) is 11.6 Å². The number of fused-ring (bicyclic) bond motifs is 1. The Bertz CT molecular complexity index is 799. The Kier molecular flexibility index (Phi) is 3.51. The van der Waals surface area contributed by atoms with E-state index in [9.17, 15) is 9.18 Å². The number of pyridine rings is 1. The highest BCUT2D eigenvalue weighted by atomic mass is 35.5. The van der Waals surface area contributed by atoms with Gasteiger partial charge >= 0.3 is 0 Å². The van der Waals surface area contributed by atoms with Crippen LogP contribution >= 0.6 is 22.9 Å². The van der Waals surface area contributed by atoms with Crippen molar-refractivity contribution in [2.45, 2.75) is 6.42 Å². The van der Waals surface area contributed by atoms with E-state index >= 15 is 0 Å². The Morgan fingerprint density at radius 2 is 2.15 bits per heavy atom. The third-order valence-corrected chi connectivity index (χ3v) is 4.20. The van der Waals surface area contributed by atoms with E-state index in [-0.39, 0.29) is 17.2 Å². The summed E-state index contributed by atoms with van der Waals surface area (Å²) in [5.41, 5.74) is 2.04. The summed E-state index contributed by atoms with van der Waals surface area (Å²) in [6.45, 7) is 0. The van der Waals surface area contributed by atoms with E-state index in [0.29, 0.717) is 11.1 Å². The number of rotatable bonds is 3. The zero-order valence-electron chi connectivity index (χ0n) is 10.3. The van der Waals surface area contributed by atoms with Crippen LogP contribution in [0.3, 0.4) is 0 Å². The van der Waals surface area contributed by atoms with Crippen molar-refractivity contribution < 1.29 is 9.18 Å². The number of thiophene rings is 1. The largest absolute Gasteiger partial charge is 0.294 e. The predicted molar refractivity (Wildman–Crippen MR) is 79.1 cm³/mol. The van der Waals surface area contributed by atoms with E-state index in [2.05, 4.69) is 4.98 Å². The lowest BCUT2D eigenvalue weighted by atomic mass is 10.0. The number of halogens is 2. The molecule has 5 heteroatoms. The number of nitrogens with zero attached hydrogens (tertiary/aromatic N) is 1. The zero-order valence-corrected chi connectivity index (χ0v) is 11.8. The molecule has 0 amide bonds. The molecule has 0 saturated carbocycles. The first-order valence-corrected chi connectivity index (χ1v) is 7.19. The Morgan fingerprint density at radius 1 is 1.30 bits per heavy atom. The van der Waals surface area contributed by atoms with Crippen molar-refractivity contribution in [3.05, 3.63) is 63.9 Å². The fraction of sp³-hybridized carbons (Fsp3) is 0.0667. The van der Waals surface area contributed by atoms with Gasteiger partial charge in [0.2, 0.25) is 0 Å². The van der Waals surface area contributed by atoms with Gasteiger partial charge in [0.1, 0.15) is 5.82 Å². The van der Waals surface area contributed by atoms with Crippen LogP contribution in [-0.4, -0.2) is 10.8 Å². The van der Waals surface area contributed by atoms with Gasteiger partial charge < -0.3 is 0 Å². The molecule has 3 rings (SSSR count). The van der Waals surface area contributed by atoms with Crippen LogP contribution < -0.4 is 0 Å². The molecule has 0 bridgehead atoms. The molecule has 0 aliphatic carbocycles. The monoisotopic (exact) mass is 305 g/mol. The summed E-state index contributed by atoms with van der Waals surface area (Å²) in [5, 5.41) is 2.20. The molecule has 0 aliphatic rings. The molecule has 0 N–H and O–H groups in total. The molecule has 0 saturated heterocycles. The maximum absolute atomic E-state index is 13.0. The van der Waals surface area contributed by atoms with Crippen LogP contribution in [0.25, 0.3) is 10.2 Å². The molecule has 2 nitrogen and oxygen atoms in total. The van der Waals surface area contributed by atoms with E-state index in [1.54, 1.807) is 6.20 Å². The molecule has 2 heterocycles. The second-order valence-corrected chi connectivity index (χ2v) is 5.72. The molecule has 0 aliphatic heterocycles. The van der Waals surface area contributed by atoms with E-state index in [0.717, 1.165) is 10.2 Å². The average Bonchev–Trinajstić information content (AvgIpc) is 2.89. The van der Waals surface area contributed by atoms with E-state index in [1.165, 1.54) is 29.5 Å². The van der Waals surface area contributed by atoms with Crippen LogP contribution in [-0.2, 0) is 6.42 Å². The minimum absolute atomic E-state index is 0.0821. The Hall–Kier alpha value is -1.78. The van der Waals surface area contributed by atoms with Crippen molar-refractivity contribution in [2.24, 2.45) is 0 Å². The topological polar surface area (TPSA) is 30.0 Å². The SMILES string of the molecule is O=C(Cc1ccc(F)cc1Cl)c1cnc2ccsc2c1. The smallest absolute Gasteiger partial charge is 0.168 e. The number of ketones is 1. The van der Waals surface area contributed by atoms with Crippen molar-refractivity contribution in [3.8, 4) is 0 Å². The van der Waals surface area contributed by atoms with Crippen LogP contribution in [0.5, 0.6) is 0 Å². The molecule has 0 atom stereocenters. The summed E-state index contributed by atoms with van der Waals surface area (Å²) in [5.74, 6) is -0.492. The predicted octanol–water partition coefficient (Wildman–Crippen LogP) is 4.51. The summed E-state index contributed by atoms with van der Waals surface area (Å²) in [6.07, 6.45) is 1.70. The maximum Gasteiger partial charge on any atom is 0.168 e. The van der Waals surface area contributed by atoms with Crippen molar-refractivity contribution >= 4 is 38.9 Å². The van der Waals surface area contributed by atoms with Crippen molar-refractivity contribution in [1.29, 1.82) is 0 Å². The average molecular weight is 306 g/mol. The summed E-state index contributed by atoms with van der Waals surface area (Å²) in [4.78, 5) is 16.5. The fourth-order valence-electron chi connectivity index (χ4n) is 1.94. The standard InChI is InChI=1S/C15H9ClFNOS/c16-12-7-11(17)2-1-9(12)5-14(19)10-6-15-13(18-8-10)3-4-20-15/h1-4,6-8H,5H2. The minimum atomic E-state index is -0.409. The molecule has 3 aromatic rings. The lowest BCUT2D eigenvalue weighted by Gasteiger charge is -2.04. The molecule has 100 valence electrons. The van der Waals surface area contributed by atoms with Gasteiger partial charge in [-0.15, -0.1) is 11.3 Å². The van der Waals surface area contributed by atoms with E-state index < -0.39 is 5.82 Å². The molecule has 2 aromatic heterocycles. The molecule has 0 fully saturated rings. The Balaban J connectivity index is 1.88. The number of benzene rings is 1. The van der Waals surface area contributed by atoms with Crippen LogP contribution in [0.1, 0.15) is 15.9 Å². The molecule has 0 unspecified atom stereocenters. The van der Waals surface area contributed by atoms with Gasteiger partial charge in [-0.05, 0) is 35.2 Å². The highest BCUT2D eigenvalue weighted by molar-refractivity contribution is 7.17. The number of hydrogen-bond acceptors (Lipinski definition) is 3. The van der Waals surface area contributed by atoms with Crippen molar-refractivity contribution in [3.63, 3.8) is 0 Å². The van der Waals surface area contributed by atoms with Crippen LogP contribution in [0.4, 0.5) is 4.39 Å². The van der Waals surface area contributed by atoms with Crippen LogP contribution in [0.2, 0.25) is 5.02 Å². The number of carbonyl (C=O) groups excluding carboxylic acids is 1. The summed E-state index contributed by atoms with van der Waals surface area (Å²) >= 11 is 7.47. The zero-order chi connectivity index (χ0) is 14.1. The van der Waals surface area contributed by atoms with Crippen LogP contribution in [0, 0.1) is 5.82 Å². The van der Waals surface area contributed by atoms with Gasteiger partial charge in [0.25, 0.3) is 0 Å². The molecule has 20 heavy (non-hydrogen) atoms. The highest BCUT2D eigenvalue weighted by Gasteiger charge is 2.11. The molecule has 1 aromatic carbocycles. The summed E-state index contributed by atoms with van der Waals surface area (Å²) < 4.78 is 13.9. The maximum atomic E-state index is 13.0. The summed E-state index contributed by atoms with van der Waals surface area (Å²) in [7, 11) is 0. The molecule has 0 spiro atoms. The van der Waals surface area contributed by atoms with Gasteiger partial charge in [0.15, 0.2) is 5.78 Å². The number of Topliss-reactive ketones (excluding diaryl/α,β-unsaturated/α-hetero) is 1. The van der Waals surface area contributed by atoms with Gasteiger partial charge in [-0.2, -0.15) is 0 Å². The minimum Gasteiger partial charge on any atom is -0.294 e. The second-order valence-electron chi connectivity index (χ2n) is 4.36. The number of hydrogen-bond donors (Lipinski definition) is 0. The Labute approximate surface area is 123 Å². The van der Waals surface area contributed by atoms with Gasteiger partial charge in [-0.25, -0.2) is 4.39 Å². The van der Waals surface area contributed by atoms with Crippen molar-refractivity contribution in [1.82, 2.24) is 4.98 Å². The number of aromatic nitrogens is 1. The third kappa shape index (κ3) is 2.57. The lowest BCUT2D eigenvalue weighted by Crippen LogP contribution is -2.04. The number of carbonyl (C=O) groups is 1. The first kappa shape index (κ1) is 13.2. The van der Waals surface area contributed by atoms with Gasteiger partial charge in [-0.1, -0.05) is 17.7 Å². The third-order valence-electron chi connectivity index (χ3n) is 2.99. The normalized spacial score (nSPS) is 10.9. The van der Waals surface area contributed by atoms with Crippen LogP contribution in [0.15, 0.2) is 41.9 Å². The van der Waals surface area contributed by atoms with E-state index in [1.807, 2.05) is 17.5 Å². The molecule has 0 radical (unpaired) electrons. The molecular formula is C15H9ClFNOS. The van der Waals surface area contributed by atoms with Gasteiger partial charge in [0, 0.05) is 23.2 Å². The first-order chi connectivity index (χ1) is 9.63. The Morgan fingerprint density at radius 3 is 2.95 bits per heavy atom. The van der Waals surface area contributed by atoms with Crippen molar-refractivity contribution in [2.75, 3.05) is 0 Å². The highest BCUT2D eigenvalue weighted by Crippen LogP contribution is 2.22. The lowest BCUT2D eigenvalue weighted by molar-refractivity contribution is 0.0993. The van der Waals surface area contributed by atoms with Gasteiger partial charge in [-0.3, -0.25) is 9.78 Å². The first-order valence-electron chi connectivity index (χ1n) is 5.94.